The molecule has 42 heavy (non-hydrogen) atoms. The van der Waals surface area contributed by atoms with E-state index in [4.69, 9.17) is 44.5 Å². The van der Waals surface area contributed by atoms with Crippen molar-refractivity contribution in [2.75, 3.05) is 13.1 Å². The average Bonchev–Trinajstić information content (AvgIpc) is 3.27. The topological polar surface area (TPSA) is 63.9 Å². The summed E-state index contributed by atoms with van der Waals surface area (Å²) < 4.78 is 8.03. The highest BCUT2D eigenvalue weighted by molar-refractivity contribution is 7.07. The molecule has 1 atom stereocenters. The number of hydrogen-bond acceptors (Lipinski definition) is 5. The molecule has 0 aliphatic carbocycles. The third-order valence-corrected chi connectivity index (χ3v) is 8.90. The molecule has 216 valence electrons. The second kappa shape index (κ2) is 12.9. The maximum Gasteiger partial charge on any atom is 0.271 e. The molecule has 0 fully saturated rings. The smallest absolute Gasteiger partial charge is 0.271 e. The lowest BCUT2D eigenvalue weighted by atomic mass is 9.94. The lowest BCUT2D eigenvalue weighted by Crippen LogP contribution is -2.43. The largest absolute Gasteiger partial charge is 0.489 e. The highest BCUT2D eigenvalue weighted by Crippen LogP contribution is 2.32. The number of carbonyl (C=O) groups is 1. The predicted molar refractivity (Wildman–Crippen MR) is 170 cm³/mol. The van der Waals surface area contributed by atoms with E-state index in [1.807, 2.05) is 69.3 Å². The Kier molecular flexibility index (Phi) is 9.23. The Morgan fingerprint density at radius 1 is 1.00 bits per heavy atom. The van der Waals surface area contributed by atoms with Gasteiger partial charge in [0.15, 0.2) is 4.80 Å². The van der Waals surface area contributed by atoms with Crippen LogP contribution in [0.5, 0.6) is 5.75 Å². The molecule has 0 bridgehead atoms. The maximum absolute atomic E-state index is 13.9. The fourth-order valence-corrected chi connectivity index (χ4v) is 6.48. The van der Waals surface area contributed by atoms with Crippen molar-refractivity contribution in [3.8, 4) is 5.75 Å². The summed E-state index contributed by atoms with van der Waals surface area (Å²) >= 11 is 19.7. The number of aromatic nitrogens is 1. The van der Waals surface area contributed by atoms with E-state index in [2.05, 4.69) is 0 Å². The van der Waals surface area contributed by atoms with Crippen LogP contribution in [-0.4, -0.2) is 28.5 Å². The van der Waals surface area contributed by atoms with Gasteiger partial charge >= 0.3 is 0 Å². The summed E-state index contributed by atoms with van der Waals surface area (Å²) in [5, 5.41) is 1.69. The predicted octanol–water partition coefficient (Wildman–Crippen LogP) is 6.64. The molecular weight excluding hydrogens is 613 g/mol. The molecular formula is C32H28Cl3N3O3S. The van der Waals surface area contributed by atoms with Crippen LogP contribution in [0.2, 0.25) is 15.1 Å². The molecule has 1 aliphatic heterocycles. The molecule has 0 saturated heterocycles. The minimum atomic E-state index is -0.621. The number of ether oxygens (including phenoxy) is 1. The van der Waals surface area contributed by atoms with Gasteiger partial charge in [-0.05, 0) is 74.4 Å². The van der Waals surface area contributed by atoms with Gasteiger partial charge in [-0.2, -0.15) is 0 Å². The monoisotopic (exact) mass is 639 g/mol. The molecule has 0 radical (unpaired) electrons. The molecule has 1 amide bonds. The molecule has 1 aliphatic rings. The Morgan fingerprint density at radius 2 is 1.67 bits per heavy atom. The molecule has 2 heterocycles. The van der Waals surface area contributed by atoms with Crippen LogP contribution in [0.4, 0.5) is 0 Å². The van der Waals surface area contributed by atoms with E-state index in [1.54, 1.807) is 33.7 Å². The van der Waals surface area contributed by atoms with Crippen molar-refractivity contribution >= 4 is 58.1 Å². The standard InChI is InChI=1S/C32H28Cl3N3O3S/c1-4-37(5-2)31(40)28-19(3)36-32-38(29(28)21-8-11-23(33)12-9-21)30(39)27(42-32)16-20-6-14-25(15-7-20)41-18-22-10-13-24(34)17-26(22)35/h6-17,29H,4-5,18H2,1-3H3/b27-16+/t29-/m0/s1. The van der Waals surface area contributed by atoms with Gasteiger partial charge < -0.3 is 9.64 Å². The van der Waals surface area contributed by atoms with E-state index >= 15 is 0 Å². The number of allylic oxidation sites excluding steroid dienone is 1. The zero-order chi connectivity index (χ0) is 30.0. The maximum atomic E-state index is 13.9. The van der Waals surface area contributed by atoms with Crippen LogP contribution in [0.3, 0.4) is 0 Å². The number of fused-ring (bicyclic) bond motifs is 1. The number of rotatable bonds is 8. The van der Waals surface area contributed by atoms with Crippen LogP contribution in [0.1, 0.15) is 43.5 Å². The summed E-state index contributed by atoms with van der Waals surface area (Å²) in [6, 6.07) is 19.4. The van der Waals surface area contributed by atoms with Crippen LogP contribution in [0, 0.1) is 0 Å². The molecule has 10 heteroatoms. The second-order valence-electron chi connectivity index (χ2n) is 9.70. The van der Waals surface area contributed by atoms with Gasteiger partial charge in [0.2, 0.25) is 0 Å². The van der Waals surface area contributed by atoms with E-state index in [1.165, 1.54) is 11.3 Å². The zero-order valence-corrected chi connectivity index (χ0v) is 26.3. The minimum Gasteiger partial charge on any atom is -0.489 e. The third kappa shape index (κ3) is 6.20. The fraction of sp³-hybridized carbons (Fsp3) is 0.219. The molecule has 4 aromatic rings. The van der Waals surface area contributed by atoms with Crippen molar-refractivity contribution in [2.45, 2.75) is 33.4 Å². The summed E-state index contributed by atoms with van der Waals surface area (Å²) in [4.78, 5) is 34.6. The highest BCUT2D eigenvalue weighted by Gasteiger charge is 2.34. The van der Waals surface area contributed by atoms with Crippen LogP contribution in [0.25, 0.3) is 6.08 Å². The van der Waals surface area contributed by atoms with Gasteiger partial charge in [0, 0.05) is 33.7 Å². The summed E-state index contributed by atoms with van der Waals surface area (Å²) in [5.41, 5.74) is 3.32. The second-order valence-corrected chi connectivity index (χ2v) is 12.0. The van der Waals surface area contributed by atoms with Gasteiger partial charge in [-0.25, -0.2) is 4.99 Å². The van der Waals surface area contributed by atoms with Crippen LogP contribution in [0.15, 0.2) is 87.8 Å². The number of likely N-dealkylation sites (N-methyl/N-ethyl adjacent to an activating group) is 1. The molecule has 0 N–H and O–H groups in total. The Labute approximate surface area is 262 Å². The van der Waals surface area contributed by atoms with Gasteiger partial charge in [-0.1, -0.05) is 76.5 Å². The van der Waals surface area contributed by atoms with Crippen molar-refractivity contribution in [1.82, 2.24) is 9.47 Å². The molecule has 3 aromatic carbocycles. The van der Waals surface area contributed by atoms with Gasteiger partial charge in [-0.3, -0.25) is 14.2 Å². The Balaban J connectivity index is 1.50. The number of benzene rings is 3. The lowest BCUT2D eigenvalue weighted by Gasteiger charge is -2.29. The summed E-state index contributed by atoms with van der Waals surface area (Å²) in [6.07, 6.45) is 1.83. The molecule has 0 spiro atoms. The van der Waals surface area contributed by atoms with Crippen molar-refractivity contribution in [1.29, 1.82) is 0 Å². The Hall–Kier alpha value is -3.36. The number of hydrogen-bond donors (Lipinski definition) is 0. The lowest BCUT2D eigenvalue weighted by molar-refractivity contribution is -0.127. The average molecular weight is 641 g/mol. The van der Waals surface area contributed by atoms with Crippen LogP contribution >= 0.6 is 46.1 Å². The molecule has 5 rings (SSSR count). The van der Waals surface area contributed by atoms with Gasteiger partial charge in [0.1, 0.15) is 12.4 Å². The molecule has 0 saturated carbocycles. The normalized spacial score (nSPS) is 14.9. The number of carbonyl (C=O) groups excluding carboxylic acids is 1. The Morgan fingerprint density at radius 3 is 2.31 bits per heavy atom. The van der Waals surface area contributed by atoms with Crippen molar-refractivity contribution in [3.05, 3.63) is 129 Å². The Bertz CT molecular complexity index is 1840. The van der Waals surface area contributed by atoms with E-state index in [0.717, 1.165) is 16.7 Å². The van der Waals surface area contributed by atoms with Crippen LogP contribution < -0.4 is 19.6 Å². The van der Waals surface area contributed by atoms with Gasteiger partial charge in [-0.15, -0.1) is 0 Å². The first-order valence-electron chi connectivity index (χ1n) is 13.4. The summed E-state index contributed by atoms with van der Waals surface area (Å²) in [7, 11) is 0. The van der Waals surface area contributed by atoms with Crippen LogP contribution in [-0.2, 0) is 11.4 Å². The first-order chi connectivity index (χ1) is 20.2. The quantitative estimate of drug-likeness (QED) is 0.217. The highest BCUT2D eigenvalue weighted by atomic mass is 35.5. The van der Waals surface area contributed by atoms with E-state index < -0.39 is 6.04 Å². The SMILES string of the molecule is CCN(CC)C(=O)C1=C(C)N=c2s/c(=C/c3ccc(OCc4ccc(Cl)cc4Cl)cc3)c(=O)n2[C@H]1c1ccc(Cl)cc1. The minimum absolute atomic E-state index is 0.133. The van der Waals surface area contributed by atoms with Crippen molar-refractivity contribution in [3.63, 3.8) is 0 Å². The van der Waals surface area contributed by atoms with Crippen molar-refractivity contribution < 1.29 is 9.53 Å². The van der Waals surface area contributed by atoms with E-state index in [-0.39, 0.29) is 11.5 Å². The van der Waals surface area contributed by atoms with Crippen molar-refractivity contribution in [2.24, 2.45) is 4.99 Å². The summed E-state index contributed by atoms with van der Waals surface area (Å²) in [6.45, 7) is 7.10. The first kappa shape index (κ1) is 30.1. The zero-order valence-electron chi connectivity index (χ0n) is 23.2. The van der Waals surface area contributed by atoms with Gasteiger partial charge in [0.25, 0.3) is 11.5 Å². The first-order valence-corrected chi connectivity index (χ1v) is 15.4. The van der Waals surface area contributed by atoms with E-state index in [0.29, 0.717) is 61.1 Å². The third-order valence-electron chi connectivity index (χ3n) is 7.08. The molecule has 0 unspecified atom stereocenters. The number of thiazole rings is 1. The molecule has 6 nitrogen and oxygen atoms in total. The summed E-state index contributed by atoms with van der Waals surface area (Å²) in [5.74, 6) is 0.531. The van der Waals surface area contributed by atoms with E-state index in [9.17, 15) is 9.59 Å². The number of halogens is 3. The van der Waals surface area contributed by atoms with Gasteiger partial charge in [0.05, 0.1) is 21.8 Å². The number of nitrogens with zero attached hydrogens (tertiary/aromatic N) is 3. The molecule has 1 aromatic heterocycles. The number of amides is 1. The fourth-order valence-electron chi connectivity index (χ4n) is 4.85.